The number of hydrogen-bond acceptors (Lipinski definition) is 7. The third kappa shape index (κ3) is 3.99. The topological polar surface area (TPSA) is 52.3 Å². The van der Waals surface area contributed by atoms with Crippen molar-refractivity contribution < 1.29 is 4.74 Å². The smallest absolute Gasteiger partial charge is 0.198 e. The first kappa shape index (κ1) is 21.2. The first-order chi connectivity index (χ1) is 15.1. The van der Waals surface area contributed by atoms with Crippen molar-refractivity contribution in [3.8, 4) is 0 Å². The van der Waals surface area contributed by atoms with Crippen LogP contribution < -0.4 is 0 Å². The number of ether oxygens (including phenoxy) is 1. The van der Waals surface area contributed by atoms with Crippen molar-refractivity contribution in [1.82, 2.24) is 19.6 Å². The van der Waals surface area contributed by atoms with Crippen molar-refractivity contribution in [3.05, 3.63) is 46.3 Å². The zero-order valence-electron chi connectivity index (χ0n) is 18.1. The highest BCUT2D eigenvalue weighted by Gasteiger charge is 2.33. The summed E-state index contributed by atoms with van der Waals surface area (Å²) in [6, 6.07) is 10.5. The Kier molecular flexibility index (Phi) is 5.98. The van der Waals surface area contributed by atoms with E-state index >= 15 is 0 Å². The molecule has 1 atom stereocenters. The number of nitrogens with zero attached hydrogens (tertiary/aromatic N) is 4. The minimum atomic E-state index is -0.126. The zero-order chi connectivity index (χ0) is 21.4. The maximum Gasteiger partial charge on any atom is 0.198 e. The van der Waals surface area contributed by atoms with Crippen LogP contribution in [0.3, 0.4) is 0 Å². The molecule has 0 amide bonds. The number of aromatic nitrogens is 4. The number of thioether (sulfide) groups is 2. The Hall–Kier alpha value is -1.61. The predicted octanol–water partition coefficient (Wildman–Crippen LogP) is 6.37. The van der Waals surface area contributed by atoms with Gasteiger partial charge in [-0.3, -0.25) is 0 Å². The molecule has 0 saturated carbocycles. The third-order valence-corrected chi connectivity index (χ3v) is 9.06. The number of benzene rings is 1. The van der Waals surface area contributed by atoms with Crippen LogP contribution in [0.15, 0.2) is 40.6 Å². The largest absolute Gasteiger partial charge is 0.369 e. The Labute approximate surface area is 195 Å². The van der Waals surface area contributed by atoms with Gasteiger partial charge in [0.05, 0.1) is 17.6 Å². The van der Waals surface area contributed by atoms with Crippen LogP contribution in [0.2, 0.25) is 0 Å². The van der Waals surface area contributed by atoms with E-state index in [-0.39, 0.29) is 5.60 Å². The van der Waals surface area contributed by atoms with Gasteiger partial charge in [0.1, 0.15) is 4.83 Å². The lowest BCUT2D eigenvalue weighted by molar-refractivity contribution is -0.0542. The Balaban J connectivity index is 1.63. The molecule has 8 heteroatoms. The first-order valence-electron chi connectivity index (χ1n) is 10.7. The molecule has 0 saturated heterocycles. The second-order valence-electron chi connectivity index (χ2n) is 8.11. The lowest BCUT2D eigenvalue weighted by Crippen LogP contribution is -2.33. The summed E-state index contributed by atoms with van der Waals surface area (Å²) < 4.78 is 8.38. The standard InChI is InChI=1S/C23H26N4OS3/c1-4-11-29-21-24-20-18(16-12-23(3,5-2)28-13-17(16)31-20)19-25-26-22(27(19)21)30-14-15-9-7-6-8-10-15/h6-10H,4-5,11-14H2,1-3H3/t23-/m1/s1. The van der Waals surface area contributed by atoms with Crippen LogP contribution in [0.4, 0.5) is 0 Å². The maximum atomic E-state index is 6.20. The van der Waals surface area contributed by atoms with Gasteiger partial charge in [-0.1, -0.05) is 67.7 Å². The van der Waals surface area contributed by atoms with Crippen LogP contribution in [0, 0.1) is 0 Å². The van der Waals surface area contributed by atoms with Gasteiger partial charge in [0.15, 0.2) is 16.0 Å². The molecule has 0 N–H and O–H groups in total. The van der Waals surface area contributed by atoms with Gasteiger partial charge in [-0.25, -0.2) is 9.38 Å². The van der Waals surface area contributed by atoms with E-state index in [0.29, 0.717) is 6.61 Å². The summed E-state index contributed by atoms with van der Waals surface area (Å²) in [5.41, 5.74) is 3.45. The molecule has 0 bridgehead atoms. The van der Waals surface area contributed by atoms with Gasteiger partial charge in [0.25, 0.3) is 0 Å². The highest BCUT2D eigenvalue weighted by Crippen LogP contribution is 2.42. The lowest BCUT2D eigenvalue weighted by atomic mass is 9.90. The lowest BCUT2D eigenvalue weighted by Gasteiger charge is -2.33. The molecule has 1 aliphatic heterocycles. The molecule has 5 rings (SSSR count). The van der Waals surface area contributed by atoms with E-state index in [9.17, 15) is 0 Å². The summed E-state index contributed by atoms with van der Waals surface area (Å²) in [5.74, 6) is 1.89. The molecular weight excluding hydrogens is 444 g/mol. The summed E-state index contributed by atoms with van der Waals surface area (Å²) in [4.78, 5) is 7.45. The quantitative estimate of drug-likeness (QED) is 0.231. The van der Waals surface area contributed by atoms with Gasteiger partial charge < -0.3 is 4.74 Å². The molecule has 0 unspecified atom stereocenters. The van der Waals surface area contributed by atoms with Crippen LogP contribution in [-0.2, 0) is 23.5 Å². The van der Waals surface area contributed by atoms with E-state index in [1.54, 1.807) is 34.9 Å². The summed E-state index contributed by atoms with van der Waals surface area (Å²) in [6.07, 6.45) is 2.99. The maximum absolute atomic E-state index is 6.20. The fraction of sp³-hybridized carbons (Fsp3) is 0.435. The third-order valence-electron chi connectivity index (χ3n) is 5.81. The number of thiophene rings is 1. The summed E-state index contributed by atoms with van der Waals surface area (Å²) in [6.45, 7) is 7.27. The normalized spacial score (nSPS) is 18.7. The second-order valence-corrected chi connectivity index (χ2v) is 11.2. The molecule has 4 heterocycles. The Bertz CT molecular complexity index is 1220. The average Bonchev–Trinajstić information content (AvgIpc) is 3.37. The second kappa shape index (κ2) is 8.73. The Morgan fingerprint density at radius 2 is 1.97 bits per heavy atom. The van der Waals surface area contributed by atoms with E-state index in [0.717, 1.165) is 51.6 Å². The molecule has 31 heavy (non-hydrogen) atoms. The Morgan fingerprint density at radius 1 is 1.13 bits per heavy atom. The van der Waals surface area contributed by atoms with Crippen LogP contribution in [0.5, 0.6) is 0 Å². The van der Waals surface area contributed by atoms with Crippen molar-refractivity contribution in [3.63, 3.8) is 0 Å². The van der Waals surface area contributed by atoms with E-state index in [1.165, 1.54) is 21.4 Å². The molecule has 4 aromatic rings. The first-order valence-corrected chi connectivity index (χ1v) is 13.5. The highest BCUT2D eigenvalue weighted by molar-refractivity contribution is 7.99. The van der Waals surface area contributed by atoms with Crippen molar-refractivity contribution >= 4 is 50.7 Å². The summed E-state index contributed by atoms with van der Waals surface area (Å²) in [5, 5.41) is 12.4. The zero-order valence-corrected chi connectivity index (χ0v) is 20.5. The van der Waals surface area contributed by atoms with Crippen molar-refractivity contribution in [2.45, 2.75) is 68.3 Å². The van der Waals surface area contributed by atoms with Crippen LogP contribution in [0.25, 0.3) is 15.9 Å². The molecule has 0 radical (unpaired) electrons. The van der Waals surface area contributed by atoms with Gasteiger partial charge in [-0.15, -0.1) is 21.5 Å². The fourth-order valence-corrected chi connectivity index (χ4v) is 6.80. The minimum Gasteiger partial charge on any atom is -0.369 e. The highest BCUT2D eigenvalue weighted by atomic mass is 32.2. The van der Waals surface area contributed by atoms with Gasteiger partial charge in [-0.2, -0.15) is 0 Å². The molecular formula is C23H26N4OS3. The molecule has 5 nitrogen and oxygen atoms in total. The van der Waals surface area contributed by atoms with Crippen LogP contribution in [0.1, 0.15) is 49.6 Å². The fourth-order valence-electron chi connectivity index (χ4n) is 3.85. The average molecular weight is 471 g/mol. The number of hydrogen-bond donors (Lipinski definition) is 0. The molecule has 162 valence electrons. The van der Waals surface area contributed by atoms with Crippen molar-refractivity contribution in [2.24, 2.45) is 0 Å². The summed E-state index contributed by atoms with van der Waals surface area (Å²) >= 11 is 5.27. The van der Waals surface area contributed by atoms with Crippen molar-refractivity contribution in [2.75, 3.05) is 5.75 Å². The van der Waals surface area contributed by atoms with E-state index in [2.05, 4.69) is 59.6 Å². The number of rotatable bonds is 7. The van der Waals surface area contributed by atoms with Crippen molar-refractivity contribution in [1.29, 1.82) is 0 Å². The molecule has 1 aliphatic rings. The molecule has 0 aliphatic carbocycles. The van der Waals surface area contributed by atoms with Gasteiger partial charge in [0.2, 0.25) is 0 Å². The van der Waals surface area contributed by atoms with Gasteiger partial charge >= 0.3 is 0 Å². The van der Waals surface area contributed by atoms with E-state index in [1.807, 2.05) is 6.07 Å². The van der Waals surface area contributed by atoms with Crippen LogP contribution >= 0.6 is 34.9 Å². The SMILES string of the molecule is CCCSc1nc2sc3c(c2c2nnc(SCc4ccccc4)n12)C[C@@](C)(CC)OC3. The minimum absolute atomic E-state index is 0.126. The number of fused-ring (bicyclic) bond motifs is 5. The van der Waals surface area contributed by atoms with E-state index < -0.39 is 0 Å². The summed E-state index contributed by atoms with van der Waals surface area (Å²) in [7, 11) is 0. The van der Waals surface area contributed by atoms with Crippen LogP contribution in [-0.4, -0.2) is 30.9 Å². The van der Waals surface area contributed by atoms with E-state index in [4.69, 9.17) is 9.72 Å². The van der Waals surface area contributed by atoms with Gasteiger partial charge in [0, 0.05) is 22.8 Å². The van der Waals surface area contributed by atoms with Gasteiger partial charge in [-0.05, 0) is 30.9 Å². The molecule has 1 aromatic carbocycles. The molecule has 0 fully saturated rings. The predicted molar refractivity (Wildman–Crippen MR) is 130 cm³/mol. The Morgan fingerprint density at radius 3 is 2.74 bits per heavy atom. The molecule has 3 aromatic heterocycles. The monoisotopic (exact) mass is 470 g/mol. The molecule has 0 spiro atoms.